The smallest absolute Gasteiger partial charge is 0.325 e. The third-order valence-corrected chi connectivity index (χ3v) is 4.99. The molecule has 2 aromatic carbocycles. The Labute approximate surface area is 167 Å². The number of carbonyl (C=O) groups excluding carboxylic acids is 2. The van der Waals surface area contributed by atoms with Crippen LogP contribution in [0.3, 0.4) is 0 Å². The maximum atomic E-state index is 13.6. The Morgan fingerprint density at radius 1 is 1.14 bits per heavy atom. The number of para-hydroxylation sites is 1. The summed E-state index contributed by atoms with van der Waals surface area (Å²) >= 11 is 0. The van der Waals surface area contributed by atoms with E-state index >= 15 is 0 Å². The van der Waals surface area contributed by atoms with E-state index in [0.717, 1.165) is 28.2 Å². The van der Waals surface area contributed by atoms with Crippen molar-refractivity contribution < 1.29 is 28.2 Å². The maximum Gasteiger partial charge on any atom is 0.325 e. The molecule has 3 rings (SSSR count). The first-order valence-corrected chi connectivity index (χ1v) is 9.10. The van der Waals surface area contributed by atoms with E-state index in [4.69, 9.17) is 4.74 Å². The number of hydrogen-bond donors (Lipinski definition) is 2. The van der Waals surface area contributed by atoms with Gasteiger partial charge in [-0.25, -0.2) is 13.6 Å². The predicted octanol–water partition coefficient (Wildman–Crippen LogP) is 2.79. The number of rotatable bonds is 6. The second kappa shape index (κ2) is 7.79. The molecule has 0 spiro atoms. The molecule has 0 saturated carbocycles. The number of carbonyl (C=O) groups is 2. The zero-order valence-electron chi connectivity index (χ0n) is 16.3. The number of nitrogens with one attached hydrogen (secondary N) is 1. The second-order valence-electron chi connectivity index (χ2n) is 7.29. The van der Waals surface area contributed by atoms with E-state index in [2.05, 4.69) is 5.32 Å². The van der Waals surface area contributed by atoms with Crippen molar-refractivity contribution in [2.45, 2.75) is 32.4 Å². The molecule has 2 aromatic rings. The number of imide groups is 1. The van der Waals surface area contributed by atoms with Gasteiger partial charge in [-0.05, 0) is 49.6 Å². The standard InChI is InChI=1S/C21H22F2N2O4/c1-12-5-4-6-13(2)18(12)29-11-15(26)10-25-19(27)21(3,24-20(25)28)14-7-8-16(22)17(23)9-14/h4-9,15,26H,10-11H2,1-3H3,(H,24,28)/t15-,21-/m1/s1. The lowest BCUT2D eigenvalue weighted by Crippen LogP contribution is -2.43. The van der Waals surface area contributed by atoms with Gasteiger partial charge in [-0.2, -0.15) is 0 Å². The van der Waals surface area contributed by atoms with Gasteiger partial charge in [0, 0.05) is 0 Å². The zero-order valence-corrected chi connectivity index (χ0v) is 16.3. The number of benzene rings is 2. The SMILES string of the molecule is Cc1cccc(C)c1OC[C@H](O)CN1C(=O)N[C@](C)(c2ccc(F)c(F)c2)C1=O. The van der Waals surface area contributed by atoms with Crippen molar-refractivity contribution in [2.75, 3.05) is 13.2 Å². The highest BCUT2D eigenvalue weighted by Gasteiger charge is 2.49. The normalized spacial score (nSPS) is 20.0. The van der Waals surface area contributed by atoms with Crippen LogP contribution in [0.15, 0.2) is 36.4 Å². The first-order chi connectivity index (χ1) is 13.6. The monoisotopic (exact) mass is 404 g/mol. The van der Waals surface area contributed by atoms with Crippen LogP contribution in [0, 0.1) is 25.5 Å². The van der Waals surface area contributed by atoms with Gasteiger partial charge in [-0.1, -0.05) is 24.3 Å². The molecular weight excluding hydrogens is 382 g/mol. The maximum absolute atomic E-state index is 13.6. The fraction of sp³-hybridized carbons (Fsp3) is 0.333. The minimum Gasteiger partial charge on any atom is -0.490 e. The van der Waals surface area contributed by atoms with Crippen LogP contribution in [0.25, 0.3) is 0 Å². The Morgan fingerprint density at radius 3 is 2.41 bits per heavy atom. The van der Waals surface area contributed by atoms with E-state index in [1.165, 1.54) is 13.0 Å². The van der Waals surface area contributed by atoms with Crippen LogP contribution in [-0.4, -0.2) is 41.2 Å². The summed E-state index contributed by atoms with van der Waals surface area (Å²) in [6.45, 7) is 4.73. The van der Waals surface area contributed by atoms with Crippen molar-refractivity contribution in [1.82, 2.24) is 10.2 Å². The highest BCUT2D eigenvalue weighted by molar-refractivity contribution is 6.07. The molecule has 2 N–H and O–H groups in total. The number of nitrogens with zero attached hydrogens (tertiary/aromatic N) is 1. The third-order valence-electron chi connectivity index (χ3n) is 4.99. The quantitative estimate of drug-likeness (QED) is 0.726. The van der Waals surface area contributed by atoms with Crippen molar-refractivity contribution in [3.63, 3.8) is 0 Å². The number of urea groups is 1. The van der Waals surface area contributed by atoms with E-state index in [9.17, 15) is 23.5 Å². The Morgan fingerprint density at radius 2 is 1.79 bits per heavy atom. The summed E-state index contributed by atoms with van der Waals surface area (Å²) in [5.74, 6) is -2.20. The topological polar surface area (TPSA) is 78.9 Å². The third kappa shape index (κ3) is 3.93. The molecule has 154 valence electrons. The molecule has 1 heterocycles. The summed E-state index contributed by atoms with van der Waals surface area (Å²) < 4.78 is 32.5. The number of β-amino-alcohol motifs (C(OH)–C–C–N with tert-alkyl or cyclic N) is 1. The van der Waals surface area contributed by atoms with E-state index in [1.807, 2.05) is 32.0 Å². The number of aryl methyl sites for hydroxylation is 2. The molecule has 0 unspecified atom stereocenters. The molecule has 1 fully saturated rings. The van der Waals surface area contributed by atoms with Crippen molar-refractivity contribution >= 4 is 11.9 Å². The predicted molar refractivity (Wildman–Crippen MR) is 101 cm³/mol. The number of aliphatic hydroxyl groups excluding tert-OH is 1. The van der Waals surface area contributed by atoms with Gasteiger partial charge in [0.15, 0.2) is 11.6 Å². The number of ether oxygens (including phenoxy) is 1. The average Bonchev–Trinajstić information content (AvgIpc) is 2.87. The lowest BCUT2D eigenvalue weighted by atomic mass is 9.92. The van der Waals surface area contributed by atoms with E-state index < -0.39 is 35.2 Å². The summed E-state index contributed by atoms with van der Waals surface area (Å²) in [4.78, 5) is 26.0. The summed E-state index contributed by atoms with van der Waals surface area (Å²) in [5, 5.41) is 12.8. The highest BCUT2D eigenvalue weighted by atomic mass is 19.2. The zero-order chi connectivity index (χ0) is 21.3. The van der Waals surface area contributed by atoms with Gasteiger partial charge in [0.2, 0.25) is 0 Å². The lowest BCUT2D eigenvalue weighted by Gasteiger charge is -2.23. The molecule has 0 radical (unpaired) electrons. The van der Waals surface area contributed by atoms with Gasteiger partial charge in [0.25, 0.3) is 5.91 Å². The van der Waals surface area contributed by atoms with Gasteiger partial charge < -0.3 is 15.2 Å². The fourth-order valence-electron chi connectivity index (χ4n) is 3.34. The Bertz CT molecular complexity index is 945. The molecule has 3 amide bonds. The first-order valence-electron chi connectivity index (χ1n) is 9.10. The van der Waals surface area contributed by atoms with Crippen molar-refractivity contribution in [3.05, 3.63) is 64.7 Å². The fourth-order valence-corrected chi connectivity index (χ4v) is 3.34. The average molecular weight is 404 g/mol. The highest BCUT2D eigenvalue weighted by Crippen LogP contribution is 2.30. The summed E-state index contributed by atoms with van der Waals surface area (Å²) in [6.07, 6.45) is -1.13. The number of halogens is 2. The van der Waals surface area contributed by atoms with Crippen molar-refractivity contribution in [2.24, 2.45) is 0 Å². The lowest BCUT2D eigenvalue weighted by molar-refractivity contribution is -0.132. The largest absolute Gasteiger partial charge is 0.490 e. The molecule has 2 atom stereocenters. The van der Waals surface area contributed by atoms with Crippen LogP contribution < -0.4 is 10.1 Å². The van der Waals surface area contributed by atoms with Crippen LogP contribution in [0.1, 0.15) is 23.6 Å². The Balaban J connectivity index is 1.70. The minimum atomic E-state index is -1.56. The van der Waals surface area contributed by atoms with Gasteiger partial charge >= 0.3 is 6.03 Å². The molecule has 29 heavy (non-hydrogen) atoms. The van der Waals surface area contributed by atoms with Crippen molar-refractivity contribution in [3.8, 4) is 5.75 Å². The molecule has 1 aliphatic heterocycles. The van der Waals surface area contributed by atoms with Gasteiger partial charge in [0.05, 0.1) is 6.54 Å². The first kappa shape index (κ1) is 20.7. The Kier molecular flexibility index (Phi) is 5.57. The van der Waals surface area contributed by atoms with E-state index in [0.29, 0.717) is 5.75 Å². The molecule has 6 nitrogen and oxygen atoms in total. The summed E-state index contributed by atoms with van der Waals surface area (Å²) in [5.41, 5.74) is 0.355. The summed E-state index contributed by atoms with van der Waals surface area (Å²) in [7, 11) is 0. The molecule has 0 aliphatic carbocycles. The molecule has 0 aromatic heterocycles. The van der Waals surface area contributed by atoms with Crippen LogP contribution in [-0.2, 0) is 10.3 Å². The number of aliphatic hydroxyl groups is 1. The molecule has 1 saturated heterocycles. The molecular formula is C21H22F2N2O4. The van der Waals surface area contributed by atoms with Crippen LogP contribution >= 0.6 is 0 Å². The molecule has 0 bridgehead atoms. The molecule has 8 heteroatoms. The number of amides is 3. The van der Waals surface area contributed by atoms with Gasteiger partial charge in [-0.15, -0.1) is 0 Å². The molecule has 1 aliphatic rings. The van der Waals surface area contributed by atoms with Crippen LogP contribution in [0.2, 0.25) is 0 Å². The summed E-state index contributed by atoms with van der Waals surface area (Å²) in [6, 6.07) is 7.91. The van der Waals surface area contributed by atoms with Gasteiger partial charge in [0.1, 0.15) is 24.0 Å². The number of hydrogen-bond acceptors (Lipinski definition) is 4. The van der Waals surface area contributed by atoms with Gasteiger partial charge in [-0.3, -0.25) is 9.69 Å². The Hall–Kier alpha value is -3.00. The van der Waals surface area contributed by atoms with Crippen LogP contribution in [0.4, 0.5) is 13.6 Å². The van der Waals surface area contributed by atoms with E-state index in [1.54, 1.807) is 0 Å². The minimum absolute atomic E-state index is 0.110. The van der Waals surface area contributed by atoms with Crippen LogP contribution in [0.5, 0.6) is 5.75 Å². The van der Waals surface area contributed by atoms with E-state index in [-0.39, 0.29) is 18.7 Å². The second-order valence-corrected chi connectivity index (χ2v) is 7.29. The van der Waals surface area contributed by atoms with Crippen molar-refractivity contribution in [1.29, 1.82) is 0 Å².